The molecule has 3 N–H and O–H groups in total. The van der Waals surface area contributed by atoms with Crippen molar-refractivity contribution in [2.45, 2.75) is 32.1 Å². The average molecular weight is 421 g/mol. The van der Waals surface area contributed by atoms with Crippen molar-refractivity contribution >= 4 is 22.8 Å². The van der Waals surface area contributed by atoms with E-state index >= 15 is 0 Å². The zero-order chi connectivity index (χ0) is 21.9. The Bertz CT molecular complexity index is 1350. The highest BCUT2D eigenvalue weighted by Crippen LogP contribution is 2.38. The van der Waals surface area contributed by atoms with Crippen molar-refractivity contribution < 1.29 is 24.2 Å². The molecule has 31 heavy (non-hydrogen) atoms. The quantitative estimate of drug-likeness (QED) is 0.369. The maximum Gasteiger partial charge on any atom is 0.343 e. The van der Waals surface area contributed by atoms with Crippen molar-refractivity contribution in [1.82, 2.24) is 9.55 Å². The molecular formula is C22H19N3O6. The van der Waals surface area contributed by atoms with Gasteiger partial charge in [-0.15, -0.1) is 0 Å². The van der Waals surface area contributed by atoms with Gasteiger partial charge in [-0.2, -0.15) is 0 Å². The molecule has 9 nitrogen and oxygen atoms in total. The van der Waals surface area contributed by atoms with Gasteiger partial charge in [-0.05, 0) is 36.8 Å². The summed E-state index contributed by atoms with van der Waals surface area (Å²) in [4.78, 5) is 41.5. The van der Waals surface area contributed by atoms with Crippen LogP contribution in [0, 0.1) is 0 Å². The van der Waals surface area contributed by atoms with Gasteiger partial charge in [0.25, 0.3) is 5.56 Å². The second-order valence-corrected chi connectivity index (χ2v) is 7.63. The van der Waals surface area contributed by atoms with E-state index in [-0.39, 0.29) is 36.3 Å². The summed E-state index contributed by atoms with van der Waals surface area (Å²) in [5, 5.41) is 11.7. The number of nitrogens with zero attached hydrogens (tertiary/aromatic N) is 2. The molecule has 9 heteroatoms. The fraction of sp³-hybridized carbons (Fsp3) is 0.273. The van der Waals surface area contributed by atoms with Crippen LogP contribution in [0.25, 0.3) is 22.3 Å². The highest BCUT2D eigenvalue weighted by Gasteiger charge is 2.45. The summed E-state index contributed by atoms with van der Waals surface area (Å²) >= 11 is 0. The van der Waals surface area contributed by atoms with Crippen LogP contribution in [0.5, 0.6) is 5.75 Å². The fourth-order valence-corrected chi connectivity index (χ4v) is 4.20. The van der Waals surface area contributed by atoms with E-state index in [2.05, 4.69) is 0 Å². The number of hydrogen-bond acceptors (Lipinski definition) is 8. The van der Waals surface area contributed by atoms with Crippen molar-refractivity contribution in [3.63, 3.8) is 0 Å². The Balaban J connectivity index is 1.66. The van der Waals surface area contributed by atoms with E-state index in [0.29, 0.717) is 29.2 Å². The summed E-state index contributed by atoms with van der Waals surface area (Å²) in [7, 11) is 0. The normalized spacial score (nSPS) is 18.9. The van der Waals surface area contributed by atoms with Crippen LogP contribution in [0.2, 0.25) is 0 Å². The van der Waals surface area contributed by atoms with Gasteiger partial charge in [-0.3, -0.25) is 9.59 Å². The molecule has 1 atom stereocenters. The van der Waals surface area contributed by atoms with Crippen molar-refractivity contribution in [3.05, 3.63) is 57.4 Å². The molecule has 1 aromatic carbocycles. The summed E-state index contributed by atoms with van der Waals surface area (Å²) in [5.41, 5.74) is 6.28. The average Bonchev–Trinajstić information content (AvgIpc) is 3.13. The molecule has 2 aliphatic rings. The van der Waals surface area contributed by atoms with Crippen LogP contribution < -0.4 is 16.0 Å². The maximum absolute atomic E-state index is 13.1. The van der Waals surface area contributed by atoms with Crippen molar-refractivity contribution in [2.24, 2.45) is 5.73 Å². The van der Waals surface area contributed by atoms with Gasteiger partial charge < -0.3 is 24.9 Å². The van der Waals surface area contributed by atoms with E-state index in [0.717, 1.165) is 10.9 Å². The molecule has 0 saturated carbocycles. The van der Waals surface area contributed by atoms with E-state index in [1.165, 1.54) is 0 Å². The number of aromatic nitrogens is 2. The monoisotopic (exact) mass is 421 g/mol. The van der Waals surface area contributed by atoms with Crippen molar-refractivity contribution in [2.75, 3.05) is 6.54 Å². The smallest absolute Gasteiger partial charge is 0.343 e. The fourth-order valence-electron chi connectivity index (χ4n) is 4.20. The summed E-state index contributed by atoms with van der Waals surface area (Å²) in [6.45, 7) is 1.57. The van der Waals surface area contributed by atoms with Crippen molar-refractivity contribution in [3.8, 4) is 17.1 Å². The zero-order valence-electron chi connectivity index (χ0n) is 16.7. The van der Waals surface area contributed by atoms with Crippen LogP contribution in [0.15, 0.2) is 35.1 Å². The van der Waals surface area contributed by atoms with Gasteiger partial charge in [-0.25, -0.2) is 9.78 Å². The number of aliphatic hydroxyl groups is 1. The highest BCUT2D eigenvalue weighted by molar-refractivity contribution is 5.87. The first-order valence-corrected chi connectivity index (χ1v) is 9.87. The largest absolute Gasteiger partial charge is 0.458 e. The number of pyridine rings is 2. The van der Waals surface area contributed by atoms with E-state index in [1.54, 1.807) is 35.8 Å². The van der Waals surface area contributed by atoms with E-state index in [9.17, 15) is 19.5 Å². The minimum absolute atomic E-state index is 0.0873. The maximum atomic E-state index is 13.1. The summed E-state index contributed by atoms with van der Waals surface area (Å²) in [6.07, 6.45) is 0.0873. The third-order valence-corrected chi connectivity index (χ3v) is 5.88. The molecule has 0 radical (unpaired) electrons. The number of carbonyl (C=O) groups excluding carboxylic acids is 2. The first-order chi connectivity index (χ1) is 14.9. The van der Waals surface area contributed by atoms with Gasteiger partial charge in [0.05, 0.1) is 35.6 Å². The van der Waals surface area contributed by atoms with Gasteiger partial charge in [0.2, 0.25) is 0 Å². The number of carbonyl (C=O) groups is 2. The molecule has 158 valence electrons. The molecule has 0 aliphatic carbocycles. The molecule has 0 amide bonds. The number of ether oxygens (including phenoxy) is 2. The second-order valence-electron chi connectivity index (χ2n) is 7.63. The van der Waals surface area contributed by atoms with E-state index in [1.807, 2.05) is 6.07 Å². The third kappa shape index (κ3) is 2.77. The Kier molecular flexibility index (Phi) is 4.21. The third-order valence-electron chi connectivity index (χ3n) is 5.88. The summed E-state index contributed by atoms with van der Waals surface area (Å²) in [6, 6.07) is 8.58. The van der Waals surface area contributed by atoms with Gasteiger partial charge in [0.1, 0.15) is 12.4 Å². The number of rotatable bonds is 3. The number of cyclic esters (lactones) is 1. The summed E-state index contributed by atoms with van der Waals surface area (Å²) < 4.78 is 11.8. The molecule has 2 aliphatic heterocycles. The molecule has 0 bridgehead atoms. The Hall–Kier alpha value is -3.56. The first-order valence-electron chi connectivity index (χ1n) is 9.87. The topological polar surface area (TPSA) is 134 Å². The van der Waals surface area contributed by atoms with Gasteiger partial charge in [-0.1, -0.05) is 6.92 Å². The van der Waals surface area contributed by atoms with Crippen molar-refractivity contribution in [1.29, 1.82) is 0 Å². The second kappa shape index (κ2) is 6.73. The van der Waals surface area contributed by atoms with Crippen LogP contribution in [0.1, 0.15) is 30.0 Å². The number of benzene rings is 1. The van der Waals surface area contributed by atoms with Crippen LogP contribution in [0.4, 0.5) is 0 Å². The molecule has 0 unspecified atom stereocenters. The number of esters is 2. The van der Waals surface area contributed by atoms with E-state index < -0.39 is 17.5 Å². The van der Waals surface area contributed by atoms with Crippen LogP contribution in [-0.4, -0.2) is 33.1 Å². The lowest BCUT2D eigenvalue weighted by atomic mass is 9.86. The number of fused-ring (bicyclic) bond motifs is 5. The Morgan fingerprint density at radius 2 is 2.13 bits per heavy atom. The minimum atomic E-state index is -1.86. The molecular weight excluding hydrogens is 402 g/mol. The van der Waals surface area contributed by atoms with Gasteiger partial charge in [0, 0.05) is 16.5 Å². The van der Waals surface area contributed by atoms with Crippen LogP contribution >= 0.6 is 0 Å². The van der Waals surface area contributed by atoms with Crippen LogP contribution in [-0.2, 0) is 33.1 Å². The summed E-state index contributed by atoms with van der Waals surface area (Å²) in [5.74, 6) is -0.939. The molecule has 4 heterocycles. The molecule has 0 spiro atoms. The molecule has 3 aromatic rings. The SMILES string of the molecule is CC[C@@]1(O)C(=O)OCc2c1cc1n(c2=O)Cc2cc3cc(OC(=O)CN)ccc3nc2-1. The Labute approximate surface area is 176 Å². The standard InChI is InChI=1S/C22H19N3O6/c1-2-22(29)15-7-17-19-12(9-25(17)20(27)14(15)10-30-21(22)28)5-11-6-13(31-18(26)8-23)3-4-16(11)24-19/h3-7,29H,2,8-10,23H2,1H3/t22-/m0/s1. The van der Waals surface area contributed by atoms with Gasteiger partial charge >= 0.3 is 11.9 Å². The Morgan fingerprint density at radius 1 is 1.32 bits per heavy atom. The predicted molar refractivity (Wildman–Crippen MR) is 109 cm³/mol. The lowest BCUT2D eigenvalue weighted by Crippen LogP contribution is -2.44. The molecule has 2 aromatic heterocycles. The Morgan fingerprint density at radius 3 is 2.87 bits per heavy atom. The van der Waals surface area contributed by atoms with Crippen LogP contribution in [0.3, 0.4) is 0 Å². The molecule has 0 fully saturated rings. The van der Waals surface area contributed by atoms with Gasteiger partial charge in [0.15, 0.2) is 5.60 Å². The lowest BCUT2D eigenvalue weighted by molar-refractivity contribution is -0.172. The molecule has 0 saturated heterocycles. The predicted octanol–water partition coefficient (Wildman–Crippen LogP) is 0.944. The highest BCUT2D eigenvalue weighted by atomic mass is 16.6. The van der Waals surface area contributed by atoms with E-state index in [4.69, 9.17) is 20.2 Å². The number of hydrogen-bond donors (Lipinski definition) is 2. The lowest BCUT2D eigenvalue weighted by Gasteiger charge is -2.31. The number of nitrogens with two attached hydrogens (primary N) is 1. The minimum Gasteiger partial charge on any atom is -0.458 e. The zero-order valence-corrected chi connectivity index (χ0v) is 16.7. The first kappa shape index (κ1) is 19.4. The molecule has 5 rings (SSSR count).